The summed E-state index contributed by atoms with van der Waals surface area (Å²) in [5, 5.41) is 36.9. The number of anilines is 6. The van der Waals surface area contributed by atoms with Crippen molar-refractivity contribution in [3.05, 3.63) is 233 Å². The van der Waals surface area contributed by atoms with Gasteiger partial charge in [0.2, 0.25) is 0 Å². The van der Waals surface area contributed by atoms with Crippen LogP contribution in [-0.2, 0) is 19.6 Å². The highest BCUT2D eigenvalue weighted by Crippen LogP contribution is 2.43. The van der Waals surface area contributed by atoms with E-state index in [0.717, 1.165) is 202 Å². The maximum atomic E-state index is 12.8. The molecule has 0 saturated heterocycles. The number of fused-ring (bicyclic) bond motifs is 3. The van der Waals surface area contributed by atoms with Gasteiger partial charge in [-0.15, -0.1) is 0 Å². The molecule has 5 aliphatic rings. The molecule has 0 atom stereocenters. The molecule has 3 aliphatic carbocycles. The summed E-state index contributed by atoms with van der Waals surface area (Å²) in [6.07, 6.45) is 30.3. The Kier molecular flexibility index (Phi) is 30.7. The summed E-state index contributed by atoms with van der Waals surface area (Å²) < 4.78 is 0. The number of hydrogen-bond acceptors (Lipinski definition) is 21. The van der Waals surface area contributed by atoms with E-state index >= 15 is 0 Å². The van der Waals surface area contributed by atoms with Crippen LogP contribution in [0, 0.1) is 41.5 Å². The van der Waals surface area contributed by atoms with Gasteiger partial charge in [-0.2, -0.15) is 0 Å². The van der Waals surface area contributed by atoms with Gasteiger partial charge in [-0.05, 0) is 332 Å². The first-order chi connectivity index (χ1) is 61.6. The number of rotatable bonds is 26. The second-order valence-electron chi connectivity index (χ2n) is 37.0. The predicted octanol–water partition coefficient (Wildman–Crippen LogP) is 15.8. The molecule has 24 nitrogen and oxygen atoms in total. The van der Waals surface area contributed by atoms with Crippen LogP contribution < -0.4 is 52.8 Å². The SMILES string of the molecule is CCN(c1cc(-c2ccc(C3=CCN(C)CC3)nc2)cc2c(NCc3c(C)cc(C)[nH]c3=O)nccc12)C1CCC(N(C)C)CC1.CCN(c1cc(-c2ccc(C3=CCN(C)CC3)nc2)cc2c(NCc3c(C)cc(C)[nH]c3=O)nccc12)C1CCC(N(C)C)CC1.CCN(c1cc(B(O)O)cc2c(NCc3c(C)cc(C)[nH]c3=O)nccc12)C1CCC(N(C)C)CC1. The summed E-state index contributed by atoms with van der Waals surface area (Å²) in [5.74, 6) is 2.19. The fourth-order valence-electron chi connectivity index (χ4n) is 20.3. The van der Waals surface area contributed by atoms with Crippen LogP contribution in [0.3, 0.4) is 0 Å². The van der Waals surface area contributed by atoms with Crippen LogP contribution in [0.25, 0.3) is 65.7 Å². The Hall–Kier alpha value is -10.9. The lowest BCUT2D eigenvalue weighted by atomic mass is 9.78. The number of nitrogens with zero attached hydrogens (tertiary/aromatic N) is 13. The van der Waals surface area contributed by atoms with E-state index in [-0.39, 0.29) is 16.7 Å². The minimum absolute atomic E-state index is 0.0528. The Labute approximate surface area is 757 Å². The zero-order valence-electron chi connectivity index (χ0n) is 78.7. The fraction of sp³-hybridized carbons (Fsp3) is 0.456. The lowest BCUT2D eigenvalue weighted by Crippen LogP contribution is -2.43. The minimum Gasteiger partial charge on any atom is -0.423 e. The third-order valence-electron chi connectivity index (χ3n) is 27.8. The molecule has 8 N–H and O–H groups in total. The summed E-state index contributed by atoms with van der Waals surface area (Å²) >= 11 is 0. The number of H-pyrrole nitrogens is 3. The zero-order valence-corrected chi connectivity index (χ0v) is 78.7. The van der Waals surface area contributed by atoms with Gasteiger partial charge in [0.05, 0.1) is 11.4 Å². The molecule has 8 aromatic heterocycles. The number of benzene rings is 3. The van der Waals surface area contributed by atoms with Gasteiger partial charge in [0, 0.05) is 227 Å². The van der Waals surface area contributed by atoms with Crippen molar-refractivity contribution in [1.29, 1.82) is 0 Å². The van der Waals surface area contributed by atoms with Crippen molar-refractivity contribution in [2.24, 2.45) is 0 Å². The van der Waals surface area contributed by atoms with Gasteiger partial charge in [0.25, 0.3) is 16.7 Å². The maximum Gasteiger partial charge on any atom is 0.488 e. The molecule has 3 aromatic carbocycles. The summed E-state index contributed by atoms with van der Waals surface area (Å²) in [4.78, 5) is 90.4. The lowest BCUT2D eigenvalue weighted by Gasteiger charge is -2.40. The van der Waals surface area contributed by atoms with E-state index in [4.69, 9.17) is 19.9 Å². The number of nitrogens with one attached hydrogen (secondary N) is 6. The largest absolute Gasteiger partial charge is 0.488 e. The molecule has 3 saturated carbocycles. The second kappa shape index (κ2) is 42.1. The Morgan fingerprint density at radius 1 is 0.391 bits per heavy atom. The second-order valence-corrected chi connectivity index (χ2v) is 37.0. The Bertz CT molecular complexity index is 5680. The van der Waals surface area contributed by atoms with Crippen LogP contribution >= 0.6 is 0 Å². The van der Waals surface area contributed by atoms with E-state index in [9.17, 15) is 24.4 Å². The fourth-order valence-corrected chi connectivity index (χ4v) is 20.3. The van der Waals surface area contributed by atoms with Gasteiger partial charge >= 0.3 is 7.12 Å². The average Bonchev–Trinajstić information content (AvgIpc) is 0.772. The first-order valence-electron chi connectivity index (χ1n) is 46.5. The monoisotopic (exact) mass is 1730 g/mol. The first-order valence-corrected chi connectivity index (χ1v) is 46.5. The van der Waals surface area contributed by atoms with Crippen molar-refractivity contribution in [3.63, 3.8) is 0 Å². The van der Waals surface area contributed by atoms with Gasteiger partial charge in [0.15, 0.2) is 0 Å². The van der Waals surface area contributed by atoms with E-state index in [2.05, 4.69) is 225 Å². The van der Waals surface area contributed by atoms with Crippen LogP contribution in [0.1, 0.15) is 173 Å². The third-order valence-corrected chi connectivity index (χ3v) is 27.8. The van der Waals surface area contributed by atoms with Gasteiger partial charge in [-0.3, -0.25) is 24.4 Å². The van der Waals surface area contributed by atoms with E-state index < -0.39 is 7.12 Å². The summed E-state index contributed by atoms with van der Waals surface area (Å²) in [6, 6.07) is 37.2. The summed E-state index contributed by atoms with van der Waals surface area (Å²) in [6.45, 7) is 26.2. The molecule has 0 spiro atoms. The van der Waals surface area contributed by atoms with Crippen molar-refractivity contribution < 1.29 is 10.0 Å². The van der Waals surface area contributed by atoms with E-state index in [0.29, 0.717) is 72.7 Å². The Morgan fingerprint density at radius 3 is 0.977 bits per heavy atom. The molecule has 10 heterocycles. The number of likely N-dealkylation sites (N-methyl/N-ethyl adjacent to an activating group) is 2. The zero-order chi connectivity index (χ0) is 90.7. The molecule has 0 unspecified atom stereocenters. The van der Waals surface area contributed by atoms with E-state index in [1.807, 2.05) is 96.7 Å². The predicted molar refractivity (Wildman–Crippen MR) is 532 cm³/mol. The van der Waals surface area contributed by atoms with Crippen molar-refractivity contribution in [3.8, 4) is 22.3 Å². The minimum atomic E-state index is -1.59. The smallest absolute Gasteiger partial charge is 0.423 e. The number of aromatic amines is 3. The highest BCUT2D eigenvalue weighted by Gasteiger charge is 2.33. The third kappa shape index (κ3) is 21.8. The van der Waals surface area contributed by atoms with Crippen molar-refractivity contribution in [1.82, 2.24) is 64.4 Å². The van der Waals surface area contributed by atoms with E-state index in [1.54, 1.807) is 12.3 Å². The molecular weight excluding hydrogens is 1590 g/mol. The number of aromatic nitrogens is 8. The van der Waals surface area contributed by atoms with Gasteiger partial charge in [-0.1, -0.05) is 30.4 Å². The van der Waals surface area contributed by atoms with Crippen LogP contribution in [0.5, 0.6) is 0 Å². The molecule has 16 rings (SSSR count). The molecule has 128 heavy (non-hydrogen) atoms. The highest BCUT2D eigenvalue weighted by molar-refractivity contribution is 6.59. The maximum absolute atomic E-state index is 12.8. The van der Waals surface area contributed by atoms with Crippen molar-refractivity contribution >= 4 is 90.6 Å². The Balaban J connectivity index is 0.000000157. The molecular formula is C103H136BN19O5. The normalized spacial score (nSPS) is 18.7. The summed E-state index contributed by atoms with van der Waals surface area (Å²) in [7, 11) is 15.8. The molecule has 676 valence electrons. The topological polar surface area (TPSA) is 265 Å². The molecule has 3 fully saturated rings. The van der Waals surface area contributed by atoms with Crippen LogP contribution in [0.2, 0.25) is 0 Å². The first kappa shape index (κ1) is 93.3. The van der Waals surface area contributed by atoms with Crippen LogP contribution in [0.4, 0.5) is 34.5 Å². The molecule has 2 aliphatic heterocycles. The van der Waals surface area contributed by atoms with Crippen LogP contribution in [-0.4, -0.2) is 220 Å². The number of pyridine rings is 8. The number of aryl methyl sites for hydroxylation is 6. The van der Waals surface area contributed by atoms with Crippen molar-refractivity contribution in [2.45, 2.75) is 208 Å². The highest BCUT2D eigenvalue weighted by atomic mass is 16.4. The molecule has 0 amide bonds. The lowest BCUT2D eigenvalue weighted by molar-refractivity contribution is 0.214. The van der Waals surface area contributed by atoms with Gasteiger partial charge in [0.1, 0.15) is 17.5 Å². The van der Waals surface area contributed by atoms with Crippen LogP contribution in [0.15, 0.2) is 155 Å². The Morgan fingerprint density at radius 2 is 0.703 bits per heavy atom. The van der Waals surface area contributed by atoms with Crippen molar-refractivity contribution in [2.75, 3.05) is 133 Å². The molecule has 0 radical (unpaired) electrons. The molecule has 0 bridgehead atoms. The quantitative estimate of drug-likeness (QED) is 0.0234. The number of hydrogen-bond donors (Lipinski definition) is 8. The van der Waals surface area contributed by atoms with E-state index in [1.165, 1.54) is 84.7 Å². The average molecular weight is 1730 g/mol. The van der Waals surface area contributed by atoms with Gasteiger partial charge < -0.3 is 80.1 Å². The standard InChI is InChI=1S/2C38H49N7O.C27H38BN5O3/c2*1-7-45(31-11-9-30(10-12-31)43(4)5)36-22-29(28-8-13-35(40-23-28)27-15-18-44(6)19-16-27)21-33-32(36)14-17-39-37(33)41-24-34-25(2)20-26(3)42-38(34)46;1-6-33(21-9-7-20(8-10-21)32(4)5)25-15-19(28(35)36)14-23-22(25)11-12-29-26(23)30-16-24-17(2)13-18(3)31-27(24)34/h2*8,13-15,17,20-23,30-31H,7,9-12,16,18-19,24H2,1-6H3,(H,39,41)(H,42,46);11-15,20-21,35-36H,6-10,16H2,1-5H3,(H,29,30)(H,31,34). The molecule has 25 heteroatoms. The summed E-state index contributed by atoms with van der Waals surface area (Å²) in [5.41, 5.74) is 20.4. The molecule has 11 aromatic rings. The van der Waals surface area contributed by atoms with Gasteiger partial charge in [-0.25, -0.2) is 15.0 Å².